The average molecular weight is 439 g/mol. The minimum Gasteiger partial charge on any atom is -0.391 e. The van der Waals surface area contributed by atoms with E-state index in [0.29, 0.717) is 15.6 Å². The van der Waals surface area contributed by atoms with Gasteiger partial charge in [-0.15, -0.1) is 11.3 Å². The fourth-order valence-electron chi connectivity index (χ4n) is 2.70. The Hall–Kier alpha value is -2.76. The van der Waals surface area contributed by atoms with E-state index in [1.807, 2.05) is 0 Å². The van der Waals surface area contributed by atoms with E-state index < -0.39 is 29.2 Å². The second-order valence-electron chi connectivity index (χ2n) is 7.27. The van der Waals surface area contributed by atoms with Gasteiger partial charge in [0.25, 0.3) is 5.91 Å². The molecule has 0 fully saturated rings. The number of pyridine rings is 1. The Morgan fingerprint density at radius 3 is 2.50 bits per heavy atom. The van der Waals surface area contributed by atoms with Gasteiger partial charge in [0, 0.05) is 17.9 Å². The number of aromatic nitrogens is 3. The second kappa shape index (κ2) is 8.17. The van der Waals surface area contributed by atoms with Crippen molar-refractivity contribution in [3.63, 3.8) is 0 Å². The van der Waals surface area contributed by atoms with Crippen LogP contribution in [0.3, 0.4) is 0 Å². The van der Waals surface area contributed by atoms with Crippen LogP contribution in [0.4, 0.5) is 13.2 Å². The second-order valence-corrected chi connectivity index (χ2v) is 8.41. The van der Waals surface area contributed by atoms with Crippen LogP contribution in [0.15, 0.2) is 36.7 Å². The van der Waals surface area contributed by atoms with Crippen LogP contribution in [0, 0.1) is 0 Å². The van der Waals surface area contributed by atoms with Crippen molar-refractivity contribution in [2.75, 3.05) is 0 Å². The smallest absolute Gasteiger partial charge is 0.391 e. The van der Waals surface area contributed by atoms with E-state index in [1.54, 1.807) is 19.9 Å². The standard InChI is InChI=1S/C19H20F3N5O2S/c1-18(2,23)15(17-25-8-11(9-28)30-17)27-16(29)14-6-5-13(26-14)12-4-3-10(7-24-12)19(20,21)22/h3-8,15,26,28H,9,23H2,1-2H3,(H,27,29)/t15-/m0/s1. The Morgan fingerprint density at radius 1 is 1.23 bits per heavy atom. The fourth-order valence-corrected chi connectivity index (χ4v) is 3.73. The number of nitrogens with zero attached hydrogens (tertiary/aromatic N) is 2. The molecule has 1 atom stereocenters. The number of nitrogens with one attached hydrogen (secondary N) is 2. The van der Waals surface area contributed by atoms with E-state index >= 15 is 0 Å². The molecular weight excluding hydrogens is 419 g/mol. The van der Waals surface area contributed by atoms with Crippen molar-refractivity contribution in [2.45, 2.75) is 38.2 Å². The summed E-state index contributed by atoms with van der Waals surface area (Å²) in [5.41, 5.74) is 5.38. The Labute approximate surface area is 174 Å². The zero-order valence-corrected chi connectivity index (χ0v) is 16.9. The monoisotopic (exact) mass is 439 g/mol. The first kappa shape index (κ1) is 21.9. The normalized spacial score (nSPS) is 13.3. The molecule has 0 unspecified atom stereocenters. The van der Waals surface area contributed by atoms with E-state index in [9.17, 15) is 23.1 Å². The van der Waals surface area contributed by atoms with E-state index in [-0.39, 0.29) is 18.0 Å². The third-order valence-electron chi connectivity index (χ3n) is 4.29. The number of hydrogen-bond acceptors (Lipinski definition) is 6. The van der Waals surface area contributed by atoms with Crippen molar-refractivity contribution in [1.82, 2.24) is 20.3 Å². The number of carbonyl (C=O) groups excluding carboxylic acids is 1. The number of hydrogen-bond donors (Lipinski definition) is 4. The lowest BCUT2D eigenvalue weighted by Crippen LogP contribution is -2.48. The first-order chi connectivity index (χ1) is 14.0. The van der Waals surface area contributed by atoms with Crippen molar-refractivity contribution in [3.05, 3.63) is 57.8 Å². The molecule has 0 aliphatic carbocycles. The van der Waals surface area contributed by atoms with Crippen LogP contribution in [0.5, 0.6) is 0 Å². The summed E-state index contributed by atoms with van der Waals surface area (Å²) in [5, 5.41) is 12.6. The van der Waals surface area contributed by atoms with Crippen LogP contribution in [0.1, 0.15) is 45.8 Å². The lowest BCUT2D eigenvalue weighted by atomic mass is 9.96. The average Bonchev–Trinajstić information content (AvgIpc) is 3.34. The van der Waals surface area contributed by atoms with Gasteiger partial charge < -0.3 is 21.1 Å². The van der Waals surface area contributed by atoms with Gasteiger partial charge in [-0.2, -0.15) is 13.2 Å². The molecule has 1 amide bonds. The molecule has 5 N–H and O–H groups in total. The number of rotatable bonds is 6. The quantitative estimate of drug-likeness (QED) is 0.470. The third kappa shape index (κ3) is 4.86. The van der Waals surface area contributed by atoms with Gasteiger partial charge in [-0.3, -0.25) is 9.78 Å². The zero-order valence-electron chi connectivity index (χ0n) is 16.1. The molecule has 0 spiro atoms. The molecule has 30 heavy (non-hydrogen) atoms. The largest absolute Gasteiger partial charge is 0.417 e. The van der Waals surface area contributed by atoms with E-state index in [2.05, 4.69) is 20.3 Å². The van der Waals surface area contributed by atoms with Crippen molar-refractivity contribution in [2.24, 2.45) is 5.73 Å². The summed E-state index contributed by atoms with van der Waals surface area (Å²) in [5.74, 6) is -0.461. The molecule has 0 bridgehead atoms. The summed E-state index contributed by atoms with van der Waals surface area (Å²) in [6.45, 7) is 3.32. The number of alkyl halides is 3. The third-order valence-corrected chi connectivity index (χ3v) is 5.34. The summed E-state index contributed by atoms with van der Waals surface area (Å²) < 4.78 is 38.1. The number of nitrogens with two attached hydrogens (primary N) is 1. The Kier molecular flexibility index (Phi) is 5.97. The molecule has 0 aliphatic rings. The number of H-pyrrole nitrogens is 1. The van der Waals surface area contributed by atoms with Gasteiger partial charge in [-0.1, -0.05) is 0 Å². The predicted molar refractivity (Wildman–Crippen MR) is 106 cm³/mol. The molecule has 0 aliphatic heterocycles. The molecule has 160 valence electrons. The fraction of sp³-hybridized carbons (Fsp3) is 0.316. The molecule has 0 radical (unpaired) electrons. The lowest BCUT2D eigenvalue weighted by Gasteiger charge is -2.29. The number of halogens is 3. The maximum atomic E-state index is 12.7. The maximum Gasteiger partial charge on any atom is 0.417 e. The highest BCUT2D eigenvalue weighted by molar-refractivity contribution is 7.11. The Balaban J connectivity index is 1.79. The highest BCUT2D eigenvalue weighted by Gasteiger charge is 2.32. The number of amides is 1. The van der Waals surface area contributed by atoms with Gasteiger partial charge in [0.1, 0.15) is 10.7 Å². The highest BCUT2D eigenvalue weighted by Crippen LogP contribution is 2.30. The number of aromatic amines is 1. The highest BCUT2D eigenvalue weighted by atomic mass is 32.1. The predicted octanol–water partition coefficient (Wildman–Crippen LogP) is 3.25. The first-order valence-corrected chi connectivity index (χ1v) is 9.68. The van der Waals surface area contributed by atoms with E-state index in [1.165, 1.54) is 29.7 Å². The van der Waals surface area contributed by atoms with Gasteiger partial charge in [0.2, 0.25) is 0 Å². The lowest BCUT2D eigenvalue weighted by molar-refractivity contribution is -0.137. The summed E-state index contributed by atoms with van der Waals surface area (Å²) in [6.07, 6.45) is -2.21. The van der Waals surface area contributed by atoms with Gasteiger partial charge in [-0.05, 0) is 38.1 Å². The molecule has 0 saturated carbocycles. The number of aliphatic hydroxyl groups is 1. The number of carbonyl (C=O) groups is 1. The Bertz CT molecular complexity index is 1020. The molecule has 0 aromatic carbocycles. The van der Waals surface area contributed by atoms with Crippen LogP contribution in [-0.2, 0) is 12.8 Å². The molecule has 3 rings (SSSR count). The van der Waals surface area contributed by atoms with Crippen LogP contribution < -0.4 is 11.1 Å². The molecule has 11 heteroatoms. The van der Waals surface area contributed by atoms with Gasteiger partial charge in [0.05, 0.1) is 34.5 Å². The SMILES string of the molecule is CC(C)(N)[C@@H](NC(=O)c1ccc(-c2ccc(C(F)(F)F)cn2)[nH]1)c1ncc(CO)s1. The van der Waals surface area contributed by atoms with Crippen LogP contribution >= 0.6 is 11.3 Å². The maximum absolute atomic E-state index is 12.7. The van der Waals surface area contributed by atoms with Crippen molar-refractivity contribution >= 4 is 17.2 Å². The summed E-state index contributed by atoms with van der Waals surface area (Å²) in [6, 6.07) is 4.60. The van der Waals surface area contributed by atoms with E-state index in [4.69, 9.17) is 5.73 Å². The minimum absolute atomic E-state index is 0.163. The van der Waals surface area contributed by atoms with Crippen LogP contribution in [0.2, 0.25) is 0 Å². The molecule has 7 nitrogen and oxygen atoms in total. The van der Waals surface area contributed by atoms with E-state index in [0.717, 1.165) is 12.3 Å². The van der Waals surface area contributed by atoms with Gasteiger partial charge >= 0.3 is 6.18 Å². The van der Waals surface area contributed by atoms with Gasteiger partial charge in [0.15, 0.2) is 0 Å². The molecule has 3 aromatic heterocycles. The number of thiazole rings is 1. The summed E-state index contributed by atoms with van der Waals surface area (Å²) in [4.78, 5) is 24.3. The molecule has 0 saturated heterocycles. The van der Waals surface area contributed by atoms with Gasteiger partial charge in [-0.25, -0.2) is 4.98 Å². The topological polar surface area (TPSA) is 117 Å². The van der Waals surface area contributed by atoms with Crippen molar-refractivity contribution in [1.29, 1.82) is 0 Å². The van der Waals surface area contributed by atoms with Crippen molar-refractivity contribution in [3.8, 4) is 11.4 Å². The minimum atomic E-state index is -4.47. The van der Waals surface area contributed by atoms with Crippen LogP contribution in [-0.4, -0.2) is 31.5 Å². The number of aliphatic hydroxyl groups excluding tert-OH is 1. The van der Waals surface area contributed by atoms with Crippen molar-refractivity contribution < 1.29 is 23.1 Å². The van der Waals surface area contributed by atoms with Crippen LogP contribution in [0.25, 0.3) is 11.4 Å². The summed E-state index contributed by atoms with van der Waals surface area (Å²) in [7, 11) is 0. The molecule has 3 aromatic rings. The first-order valence-electron chi connectivity index (χ1n) is 8.87. The Morgan fingerprint density at radius 2 is 1.97 bits per heavy atom. The zero-order chi connectivity index (χ0) is 22.1. The molecular formula is C19H20F3N5O2S. The summed E-state index contributed by atoms with van der Waals surface area (Å²) >= 11 is 1.24. The molecule has 3 heterocycles.